The highest BCUT2D eigenvalue weighted by atomic mass is 35.5. The third-order valence-electron chi connectivity index (χ3n) is 3.38. The van der Waals surface area contributed by atoms with Crippen molar-refractivity contribution in [2.75, 3.05) is 17.5 Å². The van der Waals surface area contributed by atoms with Crippen LogP contribution in [0.25, 0.3) is 0 Å². The van der Waals surface area contributed by atoms with Crippen LogP contribution >= 0.6 is 11.6 Å². The summed E-state index contributed by atoms with van der Waals surface area (Å²) in [5.41, 5.74) is -0.234. The molecule has 0 bridgehead atoms. The van der Waals surface area contributed by atoms with E-state index < -0.39 is 21.1 Å². The summed E-state index contributed by atoms with van der Waals surface area (Å²) in [4.78, 5) is 16.6. The van der Waals surface area contributed by atoms with E-state index in [0.29, 0.717) is 0 Å². The lowest BCUT2D eigenvalue weighted by atomic mass is 10.3. The average molecular weight is 401 g/mol. The maximum Gasteiger partial charge on any atom is 0.426 e. The molecule has 1 aliphatic heterocycles. The Morgan fingerprint density at radius 3 is 2.58 bits per heavy atom. The van der Waals surface area contributed by atoms with E-state index in [-0.39, 0.29) is 39.8 Å². The van der Waals surface area contributed by atoms with Crippen molar-refractivity contribution >= 4 is 39.3 Å². The first-order valence-corrected chi connectivity index (χ1v) is 9.04. The molecule has 1 N–H and O–H groups in total. The lowest BCUT2D eigenvalue weighted by Crippen LogP contribution is -2.37. The molecule has 0 aliphatic carbocycles. The number of carbonyl (C=O) groups is 1. The zero-order chi connectivity index (χ0) is 18.9. The summed E-state index contributed by atoms with van der Waals surface area (Å²) in [5, 5.41) is 16.3. The average Bonchev–Trinajstić information content (AvgIpc) is 2.91. The highest BCUT2D eigenvalue weighted by Crippen LogP contribution is 2.30. The molecule has 26 heavy (non-hydrogen) atoms. The SMILES string of the molecule is Cn1nc(Cl)c(C2=NOCCO2)c1S(=O)(=O)N(C(=O)O)c1ccccc1. The minimum atomic E-state index is -4.61. The molecule has 2 heterocycles. The van der Waals surface area contributed by atoms with E-state index in [0.717, 1.165) is 4.68 Å². The van der Waals surface area contributed by atoms with Gasteiger partial charge in [-0.2, -0.15) is 17.8 Å². The van der Waals surface area contributed by atoms with Crippen LogP contribution in [0, 0.1) is 0 Å². The molecule has 1 aromatic heterocycles. The molecule has 10 nitrogen and oxygen atoms in total. The second-order valence-electron chi connectivity index (χ2n) is 5.06. The van der Waals surface area contributed by atoms with Gasteiger partial charge in [0.2, 0.25) is 0 Å². The Labute approximate surface area is 153 Å². The number of carboxylic acid groups (broad SMARTS) is 1. The van der Waals surface area contributed by atoms with E-state index >= 15 is 0 Å². The molecule has 0 fully saturated rings. The minimum Gasteiger partial charge on any atom is -0.471 e. The van der Waals surface area contributed by atoms with E-state index in [4.69, 9.17) is 21.2 Å². The zero-order valence-corrected chi connectivity index (χ0v) is 14.9. The molecule has 1 aliphatic rings. The number of oxime groups is 1. The number of nitrogens with zero attached hydrogens (tertiary/aromatic N) is 4. The van der Waals surface area contributed by atoms with Gasteiger partial charge in [0.25, 0.3) is 15.9 Å². The number of anilines is 1. The van der Waals surface area contributed by atoms with Crippen molar-refractivity contribution in [3.63, 3.8) is 0 Å². The predicted octanol–water partition coefficient (Wildman–Crippen LogP) is 1.66. The molecule has 12 heteroatoms. The summed E-state index contributed by atoms with van der Waals surface area (Å²) in [6.07, 6.45) is -1.69. The summed E-state index contributed by atoms with van der Waals surface area (Å²) < 4.78 is 32.8. The van der Waals surface area contributed by atoms with Crippen LogP contribution < -0.4 is 4.31 Å². The number of para-hydroxylation sites is 1. The van der Waals surface area contributed by atoms with Gasteiger partial charge in [0, 0.05) is 7.05 Å². The van der Waals surface area contributed by atoms with Crippen LogP contribution in [-0.2, 0) is 26.6 Å². The topological polar surface area (TPSA) is 123 Å². The molecule has 3 rings (SSSR count). The maximum absolute atomic E-state index is 13.1. The van der Waals surface area contributed by atoms with Crippen LogP contribution in [0.1, 0.15) is 5.56 Å². The Balaban J connectivity index is 2.21. The number of hydrogen-bond acceptors (Lipinski definition) is 7. The zero-order valence-electron chi connectivity index (χ0n) is 13.4. The molecule has 0 radical (unpaired) electrons. The van der Waals surface area contributed by atoms with Crippen molar-refractivity contribution in [2.24, 2.45) is 12.2 Å². The number of rotatable bonds is 4. The van der Waals surface area contributed by atoms with Crippen molar-refractivity contribution in [3.05, 3.63) is 41.0 Å². The number of ether oxygens (including phenoxy) is 1. The number of sulfonamides is 1. The van der Waals surface area contributed by atoms with Gasteiger partial charge in [0.15, 0.2) is 16.8 Å². The third kappa shape index (κ3) is 3.06. The fraction of sp³-hybridized carbons (Fsp3) is 0.214. The summed E-state index contributed by atoms with van der Waals surface area (Å²) in [5.74, 6) is -0.189. The van der Waals surface area contributed by atoms with Crippen LogP contribution in [0.5, 0.6) is 0 Å². The third-order valence-corrected chi connectivity index (χ3v) is 5.45. The van der Waals surface area contributed by atoms with E-state index in [9.17, 15) is 18.3 Å². The van der Waals surface area contributed by atoms with Gasteiger partial charge < -0.3 is 14.7 Å². The van der Waals surface area contributed by atoms with Gasteiger partial charge in [-0.15, -0.1) is 0 Å². The van der Waals surface area contributed by atoms with Gasteiger partial charge in [-0.3, -0.25) is 4.68 Å². The van der Waals surface area contributed by atoms with Gasteiger partial charge in [-0.25, -0.2) is 4.79 Å². The largest absolute Gasteiger partial charge is 0.471 e. The number of hydrogen-bond donors (Lipinski definition) is 1. The van der Waals surface area contributed by atoms with E-state index in [1.165, 1.54) is 31.3 Å². The second-order valence-corrected chi connectivity index (χ2v) is 7.12. The molecule has 0 saturated carbocycles. The van der Waals surface area contributed by atoms with Gasteiger partial charge in [-0.05, 0) is 17.3 Å². The first-order chi connectivity index (χ1) is 12.3. The number of amides is 1. The molecule has 1 amide bonds. The molecule has 0 saturated heterocycles. The highest BCUT2D eigenvalue weighted by Gasteiger charge is 2.39. The Bertz CT molecular complexity index is 973. The summed E-state index contributed by atoms with van der Waals surface area (Å²) >= 11 is 6.04. The van der Waals surface area contributed by atoms with Crippen LogP contribution in [0.15, 0.2) is 40.5 Å². The van der Waals surface area contributed by atoms with Crippen LogP contribution in [0.4, 0.5) is 10.5 Å². The number of aryl methyl sites for hydroxylation is 1. The second kappa shape index (κ2) is 6.84. The predicted molar refractivity (Wildman–Crippen MR) is 90.8 cm³/mol. The van der Waals surface area contributed by atoms with Crippen molar-refractivity contribution in [1.82, 2.24) is 9.78 Å². The van der Waals surface area contributed by atoms with E-state index in [1.807, 2.05) is 0 Å². The molecule has 1 aromatic carbocycles. The van der Waals surface area contributed by atoms with E-state index in [2.05, 4.69) is 10.3 Å². The molecular weight excluding hydrogens is 388 g/mol. The molecule has 0 atom stereocenters. The minimum absolute atomic E-state index is 0.0639. The Hall–Kier alpha value is -2.79. The normalized spacial score (nSPS) is 14.2. The lowest BCUT2D eigenvalue weighted by Gasteiger charge is -2.20. The standard InChI is InChI=1S/C14H13ClN4O6S/c1-18-13(10(11(15)16-18)12-17-25-8-7-24-12)26(22,23)19(14(20)21)9-5-3-2-4-6-9/h2-6H,7-8H2,1H3,(H,20,21). The smallest absolute Gasteiger partial charge is 0.426 e. The summed E-state index contributed by atoms with van der Waals surface area (Å²) in [6, 6.07) is 7.35. The van der Waals surface area contributed by atoms with E-state index in [1.54, 1.807) is 6.07 Å². The number of aromatic nitrogens is 2. The van der Waals surface area contributed by atoms with Gasteiger partial charge in [0.05, 0.1) is 5.69 Å². The fourth-order valence-electron chi connectivity index (χ4n) is 2.38. The lowest BCUT2D eigenvalue weighted by molar-refractivity contribution is 0.0653. The highest BCUT2D eigenvalue weighted by molar-refractivity contribution is 7.93. The fourth-order valence-corrected chi connectivity index (χ4v) is 4.31. The van der Waals surface area contributed by atoms with Crippen LogP contribution in [-0.4, -0.2) is 48.5 Å². The van der Waals surface area contributed by atoms with Crippen molar-refractivity contribution in [2.45, 2.75) is 5.03 Å². The Morgan fingerprint density at radius 2 is 2.00 bits per heavy atom. The van der Waals surface area contributed by atoms with Gasteiger partial charge in [-0.1, -0.05) is 29.8 Å². The monoisotopic (exact) mass is 400 g/mol. The molecular formula is C14H13ClN4O6S. The van der Waals surface area contributed by atoms with Gasteiger partial charge >= 0.3 is 6.09 Å². The maximum atomic E-state index is 13.1. The summed E-state index contributed by atoms with van der Waals surface area (Å²) in [7, 11) is -3.29. The molecule has 2 aromatic rings. The summed E-state index contributed by atoms with van der Waals surface area (Å²) in [6.45, 7) is 0.319. The Kier molecular flexibility index (Phi) is 4.74. The van der Waals surface area contributed by atoms with Crippen molar-refractivity contribution < 1.29 is 27.9 Å². The molecule has 0 unspecified atom stereocenters. The Morgan fingerprint density at radius 1 is 1.31 bits per heavy atom. The quantitative estimate of drug-likeness (QED) is 0.827. The number of halogens is 1. The van der Waals surface area contributed by atoms with Crippen molar-refractivity contribution in [1.29, 1.82) is 0 Å². The van der Waals surface area contributed by atoms with Crippen molar-refractivity contribution in [3.8, 4) is 0 Å². The first-order valence-electron chi connectivity index (χ1n) is 7.23. The van der Waals surface area contributed by atoms with Crippen LogP contribution in [0.2, 0.25) is 5.15 Å². The first kappa shape index (κ1) is 18.0. The molecule has 138 valence electrons. The van der Waals surface area contributed by atoms with Gasteiger partial charge in [0.1, 0.15) is 12.2 Å². The van der Waals surface area contributed by atoms with Crippen LogP contribution in [0.3, 0.4) is 0 Å². The number of benzene rings is 1. The molecule has 0 spiro atoms.